The molecule has 5 heteroatoms. The average Bonchev–Trinajstić information content (AvgIpc) is 2.74. The van der Waals surface area contributed by atoms with Crippen molar-refractivity contribution < 1.29 is 9.30 Å². The van der Waals surface area contributed by atoms with Gasteiger partial charge in [0.1, 0.15) is 24.4 Å². The molecule has 1 aliphatic rings. The third-order valence-electron chi connectivity index (χ3n) is 6.16. The van der Waals surface area contributed by atoms with Gasteiger partial charge in [-0.1, -0.05) is 65.8 Å². The Bertz CT molecular complexity index is 1390. The Balaban J connectivity index is 1.84. The highest BCUT2D eigenvalue weighted by molar-refractivity contribution is 6.04. The van der Waals surface area contributed by atoms with Crippen LogP contribution in [0.4, 0.5) is 0 Å². The van der Waals surface area contributed by atoms with Crippen molar-refractivity contribution in [3.05, 3.63) is 59.8 Å². The molecule has 0 atom stereocenters. The van der Waals surface area contributed by atoms with Crippen LogP contribution in [0.15, 0.2) is 42.6 Å². The first kappa shape index (κ1) is 21.5. The number of hydrogen-bond donors (Lipinski definition) is 0. The summed E-state index contributed by atoms with van der Waals surface area (Å²) in [6, 6.07) is 12.6. The quantitative estimate of drug-likeness (QED) is 0.292. The number of aromatic nitrogens is 4. The van der Waals surface area contributed by atoms with Gasteiger partial charge in [-0.25, -0.2) is 15.0 Å². The second-order valence-electron chi connectivity index (χ2n) is 11.0. The van der Waals surface area contributed by atoms with E-state index in [1.807, 2.05) is 12.1 Å². The summed E-state index contributed by atoms with van der Waals surface area (Å²) in [5, 5.41) is 2.33. The largest absolute Gasteiger partial charge is 0.449 e. The summed E-state index contributed by atoms with van der Waals surface area (Å²) in [5.74, 6) is 3.89. The van der Waals surface area contributed by atoms with Crippen molar-refractivity contribution >= 4 is 10.8 Å². The molecule has 0 aliphatic carbocycles. The Morgan fingerprint density at radius 3 is 2.12 bits per heavy atom. The van der Waals surface area contributed by atoms with Gasteiger partial charge in [-0.3, -0.25) is 0 Å². The topological polar surface area (TPSA) is 51.8 Å². The summed E-state index contributed by atoms with van der Waals surface area (Å²) in [5.41, 5.74) is 3.94. The number of nitrogens with zero attached hydrogens (tertiary/aromatic N) is 4. The van der Waals surface area contributed by atoms with Crippen LogP contribution in [-0.2, 0) is 17.9 Å². The summed E-state index contributed by atoms with van der Waals surface area (Å²) < 4.78 is 8.73. The molecule has 33 heavy (non-hydrogen) atoms. The molecule has 0 unspecified atom stereocenters. The third kappa shape index (κ3) is 3.47. The lowest BCUT2D eigenvalue weighted by Crippen LogP contribution is -2.32. The van der Waals surface area contributed by atoms with Crippen LogP contribution in [0.2, 0.25) is 0 Å². The molecule has 0 fully saturated rings. The molecule has 168 valence electrons. The summed E-state index contributed by atoms with van der Waals surface area (Å²) in [4.78, 5) is 14.7. The number of fused-ring (bicyclic) bond motifs is 2. The zero-order valence-electron chi connectivity index (χ0n) is 20.7. The van der Waals surface area contributed by atoms with Gasteiger partial charge in [-0.05, 0) is 23.9 Å². The smallest absolute Gasteiger partial charge is 0.257 e. The van der Waals surface area contributed by atoms with Gasteiger partial charge in [0.25, 0.3) is 5.69 Å². The van der Waals surface area contributed by atoms with Gasteiger partial charge < -0.3 is 4.74 Å². The van der Waals surface area contributed by atoms with Crippen LogP contribution in [0.25, 0.3) is 33.4 Å². The van der Waals surface area contributed by atoms with Crippen LogP contribution in [0, 0.1) is 6.92 Å². The molecule has 0 spiro atoms. The Morgan fingerprint density at radius 1 is 0.818 bits per heavy atom. The van der Waals surface area contributed by atoms with E-state index in [-0.39, 0.29) is 10.8 Å². The molecule has 5 rings (SSSR count). The molecule has 4 aromatic rings. The minimum atomic E-state index is -0.202. The lowest BCUT2D eigenvalue weighted by atomic mass is 9.92. The Hall–Kier alpha value is -3.34. The maximum absolute atomic E-state index is 6.60. The molecule has 2 aromatic carbocycles. The second kappa shape index (κ2) is 7.08. The van der Waals surface area contributed by atoms with Crippen molar-refractivity contribution in [2.75, 3.05) is 0 Å². The maximum atomic E-state index is 6.60. The van der Waals surface area contributed by atoms with E-state index in [4.69, 9.17) is 19.7 Å². The highest BCUT2D eigenvalue weighted by Crippen LogP contribution is 2.49. The second-order valence-corrected chi connectivity index (χ2v) is 11.0. The van der Waals surface area contributed by atoms with Gasteiger partial charge in [0.05, 0.1) is 11.1 Å². The van der Waals surface area contributed by atoms with E-state index in [0.29, 0.717) is 5.82 Å². The van der Waals surface area contributed by atoms with Gasteiger partial charge in [-0.15, -0.1) is 0 Å². The molecule has 3 heterocycles. The van der Waals surface area contributed by atoms with Crippen molar-refractivity contribution in [2.45, 2.75) is 59.3 Å². The average molecular weight is 440 g/mol. The molecule has 2 aromatic heterocycles. The molecule has 1 aliphatic heterocycles. The third-order valence-corrected chi connectivity index (χ3v) is 6.16. The van der Waals surface area contributed by atoms with Crippen LogP contribution in [0.1, 0.15) is 58.8 Å². The number of ether oxygens (including phenoxy) is 1. The van der Waals surface area contributed by atoms with E-state index >= 15 is 0 Å². The van der Waals surface area contributed by atoms with E-state index in [2.05, 4.69) is 90.5 Å². The molecular weight excluding hydrogens is 408 g/mol. The van der Waals surface area contributed by atoms with Crippen LogP contribution in [-0.4, -0.2) is 15.0 Å². The van der Waals surface area contributed by atoms with E-state index in [9.17, 15) is 0 Å². The highest BCUT2D eigenvalue weighted by Gasteiger charge is 2.33. The van der Waals surface area contributed by atoms with Crippen LogP contribution >= 0.6 is 0 Å². The predicted molar refractivity (Wildman–Crippen MR) is 132 cm³/mol. The van der Waals surface area contributed by atoms with Crippen molar-refractivity contribution in [3.63, 3.8) is 0 Å². The standard InChI is InChI=1S/C28H31N4O/c1-16-12-13-17-10-9-11-19-21(17)20(16)22-23(33-19)18(14-15-32(22)8)24-29-25(27(2,3)4)31-26(30-24)28(5,6)7/h9-15H,1-8H3/q+1. The molecule has 0 bridgehead atoms. The number of pyridine rings is 1. The molecule has 0 saturated heterocycles. The van der Waals surface area contributed by atoms with E-state index in [0.717, 1.165) is 39.8 Å². The minimum absolute atomic E-state index is 0.202. The van der Waals surface area contributed by atoms with Crippen LogP contribution in [0.5, 0.6) is 11.5 Å². The SMILES string of the molecule is Cc1ccc2cccc3c2c1-c1c(c(-c2nc(C(C)(C)C)nc(C(C)(C)C)n2)cc[n+]1C)O3. The fourth-order valence-corrected chi connectivity index (χ4v) is 4.31. The first-order chi connectivity index (χ1) is 15.4. The summed E-state index contributed by atoms with van der Waals surface area (Å²) in [6.07, 6.45) is 2.07. The minimum Gasteiger partial charge on any atom is -0.449 e. The lowest BCUT2D eigenvalue weighted by molar-refractivity contribution is -0.660. The van der Waals surface area contributed by atoms with Gasteiger partial charge in [0, 0.05) is 22.3 Å². The van der Waals surface area contributed by atoms with Gasteiger partial charge in [-0.2, -0.15) is 4.57 Å². The normalized spacial score (nSPS) is 13.1. The fourth-order valence-electron chi connectivity index (χ4n) is 4.31. The van der Waals surface area contributed by atoms with Crippen molar-refractivity contribution in [1.82, 2.24) is 15.0 Å². The lowest BCUT2D eigenvalue weighted by Gasteiger charge is -2.24. The number of rotatable bonds is 1. The van der Waals surface area contributed by atoms with E-state index in [1.54, 1.807) is 0 Å². The van der Waals surface area contributed by atoms with Gasteiger partial charge in [0.15, 0.2) is 12.0 Å². The van der Waals surface area contributed by atoms with Crippen LogP contribution in [0.3, 0.4) is 0 Å². The maximum Gasteiger partial charge on any atom is 0.257 e. The van der Waals surface area contributed by atoms with Gasteiger partial charge >= 0.3 is 0 Å². The molecule has 5 nitrogen and oxygen atoms in total. The van der Waals surface area contributed by atoms with Crippen molar-refractivity contribution in [3.8, 4) is 34.1 Å². The molecule has 0 amide bonds. The number of hydrogen-bond acceptors (Lipinski definition) is 4. The zero-order chi connectivity index (χ0) is 23.7. The fraction of sp³-hybridized carbons (Fsp3) is 0.357. The van der Waals surface area contributed by atoms with Crippen LogP contribution < -0.4 is 9.30 Å². The predicted octanol–water partition coefficient (Wildman–Crippen LogP) is 6.19. The summed E-state index contributed by atoms with van der Waals surface area (Å²) in [6.45, 7) is 15.0. The first-order valence-electron chi connectivity index (χ1n) is 11.5. The highest BCUT2D eigenvalue weighted by atomic mass is 16.5. The summed E-state index contributed by atoms with van der Waals surface area (Å²) in [7, 11) is 2.06. The number of aryl methyl sites for hydroxylation is 2. The zero-order valence-corrected chi connectivity index (χ0v) is 20.7. The summed E-state index contributed by atoms with van der Waals surface area (Å²) >= 11 is 0. The Kier molecular flexibility index (Phi) is 4.61. The molecular formula is C28H31N4O+. The van der Waals surface area contributed by atoms with Crippen molar-refractivity contribution in [1.29, 1.82) is 0 Å². The first-order valence-corrected chi connectivity index (χ1v) is 11.5. The van der Waals surface area contributed by atoms with Crippen molar-refractivity contribution in [2.24, 2.45) is 7.05 Å². The van der Waals surface area contributed by atoms with E-state index < -0.39 is 0 Å². The monoisotopic (exact) mass is 439 g/mol. The molecule has 0 N–H and O–H groups in total. The Morgan fingerprint density at radius 2 is 1.48 bits per heavy atom. The number of benzene rings is 2. The Labute approximate surface area is 195 Å². The van der Waals surface area contributed by atoms with E-state index in [1.165, 1.54) is 16.5 Å². The van der Waals surface area contributed by atoms with Gasteiger partial charge in [0.2, 0.25) is 5.75 Å². The molecule has 0 radical (unpaired) electrons. The molecule has 0 saturated carbocycles.